The zero-order valence-electron chi connectivity index (χ0n) is 17.8. The minimum atomic E-state index is -0.476. The number of aromatic nitrogens is 2. The molecule has 0 aliphatic rings. The second-order valence-corrected chi connectivity index (χ2v) is 7.36. The molecule has 7 nitrogen and oxygen atoms in total. The molecule has 0 spiro atoms. The van der Waals surface area contributed by atoms with Crippen molar-refractivity contribution in [3.8, 4) is 34.0 Å². The number of carbonyl (C=O) groups excluding carboxylic acids is 1. The maximum Gasteiger partial charge on any atom is 0.345 e. The molecule has 2 aromatic carbocycles. The molecule has 3 rings (SSSR count). The number of H-pyrrole nitrogens is 1. The van der Waals surface area contributed by atoms with Crippen LogP contribution in [0.25, 0.3) is 22.5 Å². The van der Waals surface area contributed by atoms with Crippen LogP contribution in [-0.4, -0.2) is 34.1 Å². The summed E-state index contributed by atoms with van der Waals surface area (Å²) in [6, 6.07) is 14.0. The maximum absolute atomic E-state index is 12.2. The largest absolute Gasteiger partial charge is 0.508 e. The molecule has 0 radical (unpaired) electrons. The number of carbonyl (C=O) groups is 1. The number of ether oxygens (including phenoxy) is 1. The normalized spacial score (nSPS) is 10.6. The number of phenolic OH excluding ortho intramolecular Hbond substituents is 1. The highest BCUT2D eigenvalue weighted by molar-refractivity contribution is 5.77. The van der Waals surface area contributed by atoms with Crippen molar-refractivity contribution in [2.24, 2.45) is 0 Å². The van der Waals surface area contributed by atoms with Crippen molar-refractivity contribution in [3.63, 3.8) is 0 Å². The van der Waals surface area contributed by atoms with Gasteiger partial charge in [0.25, 0.3) is 5.91 Å². The third-order valence-electron chi connectivity index (χ3n) is 4.85. The van der Waals surface area contributed by atoms with Crippen LogP contribution in [0.1, 0.15) is 31.7 Å². The molecule has 31 heavy (non-hydrogen) atoms. The summed E-state index contributed by atoms with van der Waals surface area (Å²) < 4.78 is 5.61. The van der Waals surface area contributed by atoms with Gasteiger partial charge in [-0.2, -0.15) is 4.98 Å². The van der Waals surface area contributed by atoms with Crippen molar-refractivity contribution in [3.05, 3.63) is 64.6 Å². The lowest BCUT2D eigenvalue weighted by Crippen LogP contribution is -2.29. The summed E-state index contributed by atoms with van der Waals surface area (Å²) in [4.78, 5) is 30.9. The van der Waals surface area contributed by atoms with Gasteiger partial charge in [-0.25, -0.2) is 4.79 Å². The Hall–Kier alpha value is -3.61. The summed E-state index contributed by atoms with van der Waals surface area (Å²) in [6.07, 6.45) is 3.14. The molecule has 1 amide bonds. The second kappa shape index (κ2) is 10.4. The highest BCUT2D eigenvalue weighted by Crippen LogP contribution is 2.27. The molecule has 0 aliphatic heterocycles. The van der Waals surface area contributed by atoms with Crippen LogP contribution in [0, 0.1) is 6.92 Å². The molecule has 3 N–H and O–H groups in total. The minimum Gasteiger partial charge on any atom is -0.508 e. The topological polar surface area (TPSA) is 104 Å². The van der Waals surface area contributed by atoms with Crippen LogP contribution in [0.4, 0.5) is 0 Å². The first kappa shape index (κ1) is 22.1. The van der Waals surface area contributed by atoms with Crippen LogP contribution < -0.4 is 15.7 Å². The smallest absolute Gasteiger partial charge is 0.345 e. The molecule has 0 unspecified atom stereocenters. The zero-order valence-corrected chi connectivity index (χ0v) is 17.8. The first-order chi connectivity index (χ1) is 15.0. The summed E-state index contributed by atoms with van der Waals surface area (Å²) in [7, 11) is 0. The number of aromatic amines is 1. The van der Waals surface area contributed by atoms with Gasteiger partial charge in [0.15, 0.2) is 6.61 Å². The van der Waals surface area contributed by atoms with E-state index < -0.39 is 5.69 Å². The molecular weight excluding hydrogens is 394 g/mol. The van der Waals surface area contributed by atoms with Gasteiger partial charge in [-0.1, -0.05) is 31.9 Å². The fourth-order valence-corrected chi connectivity index (χ4v) is 3.13. The van der Waals surface area contributed by atoms with Crippen molar-refractivity contribution in [2.75, 3.05) is 13.2 Å². The van der Waals surface area contributed by atoms with Gasteiger partial charge >= 0.3 is 5.69 Å². The summed E-state index contributed by atoms with van der Waals surface area (Å²) in [5, 5.41) is 12.6. The lowest BCUT2D eigenvalue weighted by Gasteiger charge is -2.10. The number of hydrogen-bond donors (Lipinski definition) is 3. The SMILES string of the molecule is CCCCCNC(=O)COc1cccc(-c2cc(-c3ccc(O)c(C)c3)nc(=O)[nH]2)c1. The fourth-order valence-electron chi connectivity index (χ4n) is 3.13. The number of nitrogens with zero attached hydrogens (tertiary/aromatic N) is 1. The average molecular weight is 421 g/mol. The van der Waals surface area contributed by atoms with Crippen molar-refractivity contribution < 1.29 is 14.6 Å². The van der Waals surface area contributed by atoms with Crippen molar-refractivity contribution in [1.82, 2.24) is 15.3 Å². The first-order valence-corrected chi connectivity index (χ1v) is 10.4. The van der Waals surface area contributed by atoms with E-state index in [1.54, 1.807) is 49.4 Å². The summed E-state index contributed by atoms with van der Waals surface area (Å²) >= 11 is 0. The molecule has 0 atom stereocenters. The molecule has 162 valence electrons. The zero-order chi connectivity index (χ0) is 22.2. The van der Waals surface area contributed by atoms with E-state index in [0.717, 1.165) is 30.4 Å². The Kier molecular flexibility index (Phi) is 7.43. The lowest BCUT2D eigenvalue weighted by molar-refractivity contribution is -0.123. The van der Waals surface area contributed by atoms with E-state index in [1.165, 1.54) is 0 Å². The molecule has 0 fully saturated rings. The predicted octanol–water partition coefficient (Wildman–Crippen LogP) is 3.80. The molecule has 1 heterocycles. The number of aryl methyl sites for hydroxylation is 1. The number of aromatic hydroxyl groups is 1. The van der Waals surface area contributed by atoms with Crippen LogP contribution in [0.5, 0.6) is 11.5 Å². The van der Waals surface area contributed by atoms with Crippen LogP contribution in [0.15, 0.2) is 53.3 Å². The Morgan fingerprint density at radius 3 is 2.74 bits per heavy atom. The van der Waals surface area contributed by atoms with E-state index in [0.29, 0.717) is 29.2 Å². The van der Waals surface area contributed by atoms with Crippen molar-refractivity contribution in [1.29, 1.82) is 0 Å². The third-order valence-corrected chi connectivity index (χ3v) is 4.85. The fraction of sp³-hybridized carbons (Fsp3) is 0.292. The van der Waals surface area contributed by atoms with Gasteiger partial charge in [-0.15, -0.1) is 0 Å². The van der Waals surface area contributed by atoms with Gasteiger partial charge in [0.2, 0.25) is 0 Å². The lowest BCUT2D eigenvalue weighted by atomic mass is 10.1. The number of nitrogens with one attached hydrogen (secondary N) is 2. The quantitative estimate of drug-likeness (QED) is 0.456. The third kappa shape index (κ3) is 6.18. The molecular formula is C24H27N3O4. The van der Waals surface area contributed by atoms with Crippen LogP contribution in [0.2, 0.25) is 0 Å². The van der Waals surface area contributed by atoms with E-state index in [4.69, 9.17) is 4.74 Å². The van der Waals surface area contributed by atoms with E-state index in [1.807, 2.05) is 6.07 Å². The standard InChI is InChI=1S/C24H27N3O4/c1-3-4-5-11-25-23(29)15-31-19-8-6-7-17(13-19)20-14-21(27-24(30)26-20)18-9-10-22(28)16(2)12-18/h6-10,12-14,28H,3-5,11,15H2,1-2H3,(H,25,29)(H,26,27,30). The van der Waals surface area contributed by atoms with Crippen LogP contribution in [-0.2, 0) is 4.79 Å². The van der Waals surface area contributed by atoms with E-state index in [-0.39, 0.29) is 18.3 Å². The van der Waals surface area contributed by atoms with Gasteiger partial charge in [0.1, 0.15) is 11.5 Å². The monoisotopic (exact) mass is 421 g/mol. The summed E-state index contributed by atoms with van der Waals surface area (Å²) in [6.45, 7) is 4.48. The Morgan fingerprint density at radius 2 is 1.97 bits per heavy atom. The number of benzene rings is 2. The van der Waals surface area contributed by atoms with Gasteiger partial charge in [0, 0.05) is 17.7 Å². The second-order valence-electron chi connectivity index (χ2n) is 7.36. The number of hydrogen-bond acceptors (Lipinski definition) is 5. The van der Waals surface area contributed by atoms with Crippen molar-refractivity contribution >= 4 is 5.91 Å². The highest BCUT2D eigenvalue weighted by Gasteiger charge is 2.09. The van der Waals surface area contributed by atoms with Crippen LogP contribution >= 0.6 is 0 Å². The Labute approximate surface area is 181 Å². The van der Waals surface area contributed by atoms with Gasteiger partial charge in [-0.05, 0) is 55.3 Å². The molecule has 7 heteroatoms. The maximum atomic E-state index is 12.2. The number of rotatable bonds is 9. The van der Waals surface area contributed by atoms with Crippen molar-refractivity contribution in [2.45, 2.75) is 33.1 Å². The Morgan fingerprint density at radius 1 is 1.13 bits per heavy atom. The molecule has 0 saturated carbocycles. The molecule has 3 aromatic rings. The number of unbranched alkanes of at least 4 members (excludes halogenated alkanes) is 2. The van der Waals surface area contributed by atoms with Gasteiger partial charge in [-0.3, -0.25) is 4.79 Å². The highest BCUT2D eigenvalue weighted by atomic mass is 16.5. The first-order valence-electron chi connectivity index (χ1n) is 10.4. The van der Waals surface area contributed by atoms with Gasteiger partial charge < -0.3 is 20.1 Å². The van der Waals surface area contributed by atoms with Gasteiger partial charge in [0.05, 0.1) is 11.4 Å². The minimum absolute atomic E-state index is 0.0690. The number of phenols is 1. The Balaban J connectivity index is 1.74. The molecule has 1 aromatic heterocycles. The summed E-state index contributed by atoms with van der Waals surface area (Å²) in [5.41, 5.74) is 2.77. The summed E-state index contributed by atoms with van der Waals surface area (Å²) in [5.74, 6) is 0.553. The average Bonchev–Trinajstić information content (AvgIpc) is 2.77. The molecule has 0 aliphatic carbocycles. The van der Waals surface area contributed by atoms with E-state index in [2.05, 4.69) is 22.2 Å². The number of amides is 1. The molecule has 0 bridgehead atoms. The molecule has 0 saturated heterocycles. The van der Waals surface area contributed by atoms with E-state index in [9.17, 15) is 14.7 Å². The van der Waals surface area contributed by atoms with E-state index >= 15 is 0 Å². The van der Waals surface area contributed by atoms with Crippen LogP contribution in [0.3, 0.4) is 0 Å². The Bertz CT molecular complexity index is 1110. The predicted molar refractivity (Wildman–Crippen MR) is 120 cm³/mol.